The number of hydrogen-bond donors (Lipinski definition) is 2. The molecule has 140 valence electrons. The van der Waals surface area contributed by atoms with E-state index in [1.54, 1.807) is 7.11 Å². The van der Waals surface area contributed by atoms with E-state index in [1.165, 1.54) is 25.9 Å². The van der Waals surface area contributed by atoms with Gasteiger partial charge >= 0.3 is 0 Å². The maximum Gasteiger partial charge on any atom is 0.213 e. The fourth-order valence-corrected chi connectivity index (χ4v) is 2.96. The molecule has 1 aromatic rings. The van der Waals surface area contributed by atoms with Crippen LogP contribution in [-0.4, -0.2) is 55.7 Å². The molecule has 1 aliphatic rings. The summed E-state index contributed by atoms with van der Waals surface area (Å²) in [5, 5.41) is 6.71. The lowest BCUT2D eigenvalue weighted by molar-refractivity contribution is 0.191. The van der Waals surface area contributed by atoms with Gasteiger partial charge in [-0.1, -0.05) is 13.0 Å². The van der Waals surface area contributed by atoms with E-state index in [4.69, 9.17) is 4.74 Å². The highest BCUT2D eigenvalue weighted by molar-refractivity contribution is 5.79. The fourth-order valence-electron chi connectivity index (χ4n) is 2.96. The number of rotatable bonds is 8. The number of piperidine rings is 1. The zero-order valence-corrected chi connectivity index (χ0v) is 15.9. The molecular formula is C19H33N5O. The first-order chi connectivity index (χ1) is 12.2. The van der Waals surface area contributed by atoms with E-state index < -0.39 is 0 Å². The third-order valence-electron chi connectivity index (χ3n) is 4.55. The van der Waals surface area contributed by atoms with E-state index in [0.29, 0.717) is 12.4 Å². The van der Waals surface area contributed by atoms with Crippen LogP contribution < -0.4 is 15.4 Å². The van der Waals surface area contributed by atoms with Gasteiger partial charge in [0.05, 0.1) is 19.3 Å². The second-order valence-corrected chi connectivity index (χ2v) is 6.67. The summed E-state index contributed by atoms with van der Waals surface area (Å²) in [5.74, 6) is 2.37. The second kappa shape index (κ2) is 10.9. The van der Waals surface area contributed by atoms with Crippen LogP contribution in [0.4, 0.5) is 0 Å². The summed E-state index contributed by atoms with van der Waals surface area (Å²) in [5.41, 5.74) is 0.902. The van der Waals surface area contributed by atoms with Crippen LogP contribution in [0.5, 0.6) is 5.88 Å². The normalized spacial score (nSPS) is 16.7. The Kier molecular flexibility index (Phi) is 8.52. The van der Waals surface area contributed by atoms with Crippen LogP contribution >= 0.6 is 0 Å². The largest absolute Gasteiger partial charge is 0.481 e. The molecule has 2 heterocycles. The first-order valence-electron chi connectivity index (χ1n) is 9.45. The van der Waals surface area contributed by atoms with E-state index in [0.717, 1.165) is 43.6 Å². The smallest absolute Gasteiger partial charge is 0.213 e. The standard InChI is InChI=1S/C19H33N5O/c1-4-20-19(22-15-17-7-5-8-18(23-17)25-3)21-11-6-12-24-13-9-16(2)10-14-24/h5,7-8,16H,4,6,9-15H2,1-3H3,(H2,20,21,22). The van der Waals surface area contributed by atoms with Crippen LogP contribution in [0.2, 0.25) is 0 Å². The Hall–Kier alpha value is -1.82. The van der Waals surface area contributed by atoms with Gasteiger partial charge < -0.3 is 20.3 Å². The van der Waals surface area contributed by atoms with Crippen molar-refractivity contribution in [2.24, 2.45) is 10.9 Å². The summed E-state index contributed by atoms with van der Waals surface area (Å²) in [7, 11) is 1.63. The highest BCUT2D eigenvalue weighted by Gasteiger charge is 2.14. The van der Waals surface area contributed by atoms with Crippen LogP contribution in [0.3, 0.4) is 0 Å². The maximum absolute atomic E-state index is 5.16. The molecule has 0 amide bonds. The van der Waals surface area contributed by atoms with Crippen molar-refractivity contribution in [3.05, 3.63) is 23.9 Å². The minimum Gasteiger partial charge on any atom is -0.481 e. The van der Waals surface area contributed by atoms with Crippen LogP contribution in [0.1, 0.15) is 38.8 Å². The summed E-state index contributed by atoms with van der Waals surface area (Å²) >= 11 is 0. The van der Waals surface area contributed by atoms with E-state index in [-0.39, 0.29) is 0 Å². The van der Waals surface area contributed by atoms with Crippen molar-refractivity contribution in [1.29, 1.82) is 0 Å². The van der Waals surface area contributed by atoms with Gasteiger partial charge in [-0.15, -0.1) is 0 Å². The molecule has 1 aliphatic heterocycles. The van der Waals surface area contributed by atoms with E-state index in [9.17, 15) is 0 Å². The predicted molar refractivity (Wildman–Crippen MR) is 103 cm³/mol. The molecule has 0 bridgehead atoms. The van der Waals surface area contributed by atoms with Crippen molar-refractivity contribution in [2.75, 3.05) is 39.8 Å². The third kappa shape index (κ3) is 7.30. The zero-order chi connectivity index (χ0) is 17.9. The molecule has 25 heavy (non-hydrogen) atoms. The zero-order valence-electron chi connectivity index (χ0n) is 15.9. The number of nitrogens with zero attached hydrogens (tertiary/aromatic N) is 3. The number of pyridine rings is 1. The van der Waals surface area contributed by atoms with Crippen molar-refractivity contribution in [1.82, 2.24) is 20.5 Å². The first-order valence-corrected chi connectivity index (χ1v) is 9.45. The Morgan fingerprint density at radius 2 is 2.12 bits per heavy atom. The van der Waals surface area contributed by atoms with Gasteiger partial charge in [-0.2, -0.15) is 0 Å². The van der Waals surface area contributed by atoms with Gasteiger partial charge in [-0.25, -0.2) is 9.98 Å². The predicted octanol–water partition coefficient (Wildman–Crippen LogP) is 2.27. The summed E-state index contributed by atoms with van der Waals surface area (Å²) in [6, 6.07) is 5.75. The molecule has 0 saturated carbocycles. The van der Waals surface area contributed by atoms with Crippen LogP contribution in [0, 0.1) is 5.92 Å². The van der Waals surface area contributed by atoms with Crippen molar-refractivity contribution in [2.45, 2.75) is 39.7 Å². The van der Waals surface area contributed by atoms with Crippen molar-refractivity contribution < 1.29 is 4.74 Å². The van der Waals surface area contributed by atoms with Gasteiger partial charge in [0.25, 0.3) is 0 Å². The molecule has 0 aromatic carbocycles. The van der Waals surface area contributed by atoms with Crippen molar-refractivity contribution in [3.63, 3.8) is 0 Å². The van der Waals surface area contributed by atoms with Crippen LogP contribution in [0.15, 0.2) is 23.2 Å². The molecule has 0 spiro atoms. The molecule has 1 fully saturated rings. The lowest BCUT2D eigenvalue weighted by Gasteiger charge is -2.30. The molecule has 1 saturated heterocycles. The highest BCUT2D eigenvalue weighted by atomic mass is 16.5. The first kappa shape index (κ1) is 19.5. The number of aliphatic imine (C=N–C) groups is 1. The summed E-state index contributed by atoms with van der Waals surface area (Å²) < 4.78 is 5.16. The molecular weight excluding hydrogens is 314 g/mol. The number of aromatic nitrogens is 1. The number of methoxy groups -OCH3 is 1. The Bertz CT molecular complexity index is 526. The minimum absolute atomic E-state index is 0.538. The van der Waals surface area contributed by atoms with Crippen molar-refractivity contribution >= 4 is 5.96 Å². The minimum atomic E-state index is 0.538. The fraction of sp³-hybridized carbons (Fsp3) is 0.684. The van der Waals surface area contributed by atoms with Gasteiger partial charge in [0, 0.05) is 19.2 Å². The average molecular weight is 348 g/mol. The maximum atomic E-state index is 5.16. The lowest BCUT2D eigenvalue weighted by atomic mass is 9.99. The Labute approximate surface area is 152 Å². The number of ether oxygens (including phenoxy) is 1. The lowest BCUT2D eigenvalue weighted by Crippen LogP contribution is -2.39. The quantitative estimate of drug-likeness (QED) is 0.429. The Morgan fingerprint density at radius 3 is 2.84 bits per heavy atom. The van der Waals surface area contributed by atoms with E-state index in [1.807, 2.05) is 18.2 Å². The van der Waals surface area contributed by atoms with Gasteiger partial charge in [0.2, 0.25) is 5.88 Å². The third-order valence-corrected chi connectivity index (χ3v) is 4.55. The topological polar surface area (TPSA) is 61.8 Å². The summed E-state index contributed by atoms with van der Waals surface area (Å²) in [6.07, 6.45) is 3.81. The average Bonchev–Trinajstić information content (AvgIpc) is 2.64. The van der Waals surface area contributed by atoms with Crippen LogP contribution in [0.25, 0.3) is 0 Å². The number of likely N-dealkylation sites (tertiary alicyclic amines) is 1. The summed E-state index contributed by atoms with van der Waals surface area (Å²) in [6.45, 7) is 10.4. The number of hydrogen-bond acceptors (Lipinski definition) is 4. The van der Waals surface area contributed by atoms with E-state index >= 15 is 0 Å². The highest BCUT2D eigenvalue weighted by Crippen LogP contribution is 2.15. The SMILES string of the molecule is CCNC(=NCc1cccc(OC)n1)NCCCN1CCC(C)CC1. The van der Waals surface area contributed by atoms with Gasteiger partial charge in [0.1, 0.15) is 0 Å². The molecule has 0 radical (unpaired) electrons. The van der Waals surface area contributed by atoms with Crippen LogP contribution in [-0.2, 0) is 6.54 Å². The van der Waals surface area contributed by atoms with Gasteiger partial charge in [0.15, 0.2) is 5.96 Å². The van der Waals surface area contributed by atoms with Gasteiger partial charge in [-0.05, 0) is 57.8 Å². The Morgan fingerprint density at radius 1 is 1.32 bits per heavy atom. The molecule has 2 N–H and O–H groups in total. The second-order valence-electron chi connectivity index (χ2n) is 6.67. The molecule has 0 aliphatic carbocycles. The molecule has 6 heteroatoms. The Balaban J connectivity index is 1.73. The molecule has 6 nitrogen and oxygen atoms in total. The number of guanidine groups is 1. The van der Waals surface area contributed by atoms with Crippen molar-refractivity contribution in [3.8, 4) is 5.88 Å². The van der Waals surface area contributed by atoms with Gasteiger partial charge in [-0.3, -0.25) is 0 Å². The monoisotopic (exact) mass is 347 g/mol. The molecule has 1 aromatic heterocycles. The number of nitrogens with one attached hydrogen (secondary N) is 2. The summed E-state index contributed by atoms with van der Waals surface area (Å²) in [4.78, 5) is 11.6. The van der Waals surface area contributed by atoms with E-state index in [2.05, 4.69) is 39.4 Å². The molecule has 0 atom stereocenters. The molecule has 2 rings (SSSR count). The molecule has 0 unspecified atom stereocenters.